The molecule has 0 bridgehead atoms. The van der Waals surface area contributed by atoms with Gasteiger partial charge in [0.05, 0.1) is 13.2 Å². The van der Waals surface area contributed by atoms with Crippen LogP contribution in [0.5, 0.6) is 5.75 Å². The Bertz CT molecular complexity index is 1030. The van der Waals surface area contributed by atoms with E-state index in [1.54, 1.807) is 42.7 Å². The number of hydrogen-bond acceptors (Lipinski definition) is 5. The van der Waals surface area contributed by atoms with Crippen LogP contribution in [0.3, 0.4) is 0 Å². The number of nitrogens with one attached hydrogen (secondary N) is 2. The zero-order valence-corrected chi connectivity index (χ0v) is 18.2. The first-order chi connectivity index (χ1) is 15.1. The molecule has 0 radical (unpaired) electrons. The summed E-state index contributed by atoms with van der Waals surface area (Å²) in [5, 5.41) is 9.59. The number of benzene rings is 2. The molecule has 3 aromatic rings. The van der Waals surface area contributed by atoms with Crippen molar-refractivity contribution in [3.05, 3.63) is 82.0 Å². The number of thiophene rings is 1. The van der Waals surface area contributed by atoms with Crippen LogP contribution in [0.25, 0.3) is 0 Å². The molecule has 1 atom stereocenters. The molecule has 7 heteroatoms. The number of amides is 2. The lowest BCUT2D eigenvalue weighted by Gasteiger charge is -2.35. The first-order valence-electron chi connectivity index (χ1n) is 10.2. The number of carbonyl (C=O) groups excluding carboxylic acids is 2. The highest BCUT2D eigenvalue weighted by atomic mass is 32.1. The molecule has 4 rings (SSSR count). The topological polar surface area (TPSA) is 70.7 Å². The van der Waals surface area contributed by atoms with Gasteiger partial charge in [0.15, 0.2) is 0 Å². The van der Waals surface area contributed by atoms with Crippen LogP contribution in [0.2, 0.25) is 0 Å². The summed E-state index contributed by atoms with van der Waals surface area (Å²) < 4.78 is 5.11. The monoisotopic (exact) mass is 435 g/mol. The van der Waals surface area contributed by atoms with Crippen molar-refractivity contribution in [1.29, 1.82) is 0 Å². The third-order valence-electron chi connectivity index (χ3n) is 5.54. The van der Waals surface area contributed by atoms with Crippen molar-refractivity contribution in [2.75, 3.05) is 25.5 Å². The summed E-state index contributed by atoms with van der Waals surface area (Å²) in [7, 11) is 1.58. The average molecular weight is 436 g/mol. The second-order valence-electron chi connectivity index (χ2n) is 7.45. The van der Waals surface area contributed by atoms with E-state index in [2.05, 4.69) is 51.2 Å². The van der Waals surface area contributed by atoms with Crippen molar-refractivity contribution in [1.82, 2.24) is 10.2 Å². The van der Waals surface area contributed by atoms with E-state index < -0.39 is 11.8 Å². The average Bonchev–Trinajstić information content (AvgIpc) is 3.34. The van der Waals surface area contributed by atoms with Gasteiger partial charge < -0.3 is 15.4 Å². The second kappa shape index (κ2) is 9.76. The molecule has 0 spiro atoms. The third kappa shape index (κ3) is 5.13. The van der Waals surface area contributed by atoms with E-state index in [1.165, 1.54) is 11.1 Å². The van der Waals surface area contributed by atoms with Gasteiger partial charge in [-0.25, -0.2) is 0 Å². The number of carbonyl (C=O) groups is 2. The number of anilines is 1. The Morgan fingerprint density at radius 2 is 1.84 bits per heavy atom. The van der Waals surface area contributed by atoms with Gasteiger partial charge in [-0.3, -0.25) is 14.5 Å². The first-order valence-corrected chi connectivity index (χ1v) is 11.1. The summed E-state index contributed by atoms with van der Waals surface area (Å²) >= 11 is 1.63. The molecule has 160 valence electrons. The molecule has 0 saturated heterocycles. The summed E-state index contributed by atoms with van der Waals surface area (Å²) in [5.74, 6) is -0.643. The lowest BCUT2D eigenvalue weighted by Crippen LogP contribution is -2.43. The Hall–Kier alpha value is -3.16. The molecule has 6 nitrogen and oxygen atoms in total. The van der Waals surface area contributed by atoms with Gasteiger partial charge in [-0.2, -0.15) is 11.3 Å². The highest BCUT2D eigenvalue weighted by Gasteiger charge is 2.26. The van der Waals surface area contributed by atoms with Crippen LogP contribution < -0.4 is 15.4 Å². The standard InChI is InChI=1S/C24H25N3O3S/c1-30-21-8-6-20(7-9-21)26-24(29)23(28)25-14-22(19-11-13-31-16-19)27-12-10-17-4-2-3-5-18(17)15-27/h2-9,11,13,16,22H,10,12,14-15H2,1H3,(H,25,28)(H,26,29). The molecule has 2 N–H and O–H groups in total. The fourth-order valence-corrected chi connectivity index (χ4v) is 4.54. The van der Waals surface area contributed by atoms with Crippen LogP contribution in [-0.2, 0) is 22.6 Å². The molecule has 1 aliphatic rings. The lowest BCUT2D eigenvalue weighted by atomic mass is 9.97. The molecule has 31 heavy (non-hydrogen) atoms. The number of rotatable bonds is 6. The molecule has 2 amide bonds. The fraction of sp³-hybridized carbons (Fsp3) is 0.250. The summed E-state index contributed by atoms with van der Waals surface area (Å²) in [6.07, 6.45) is 0.975. The van der Waals surface area contributed by atoms with Crippen molar-refractivity contribution in [2.24, 2.45) is 0 Å². The zero-order valence-electron chi connectivity index (χ0n) is 17.3. The summed E-state index contributed by atoms with van der Waals surface area (Å²) in [4.78, 5) is 27.2. The van der Waals surface area contributed by atoms with E-state index in [0.717, 1.165) is 25.1 Å². The highest BCUT2D eigenvalue weighted by molar-refractivity contribution is 7.08. The Morgan fingerprint density at radius 1 is 1.06 bits per heavy atom. The lowest BCUT2D eigenvalue weighted by molar-refractivity contribution is -0.136. The van der Waals surface area contributed by atoms with Gasteiger partial charge in [0.2, 0.25) is 0 Å². The normalized spacial score (nSPS) is 14.4. The number of fused-ring (bicyclic) bond motifs is 1. The van der Waals surface area contributed by atoms with Gasteiger partial charge in [0.1, 0.15) is 5.75 Å². The van der Waals surface area contributed by atoms with Gasteiger partial charge in [-0.05, 0) is 64.2 Å². The molecular weight excluding hydrogens is 410 g/mol. The van der Waals surface area contributed by atoms with Gasteiger partial charge in [-0.1, -0.05) is 24.3 Å². The van der Waals surface area contributed by atoms with Crippen LogP contribution in [-0.4, -0.2) is 36.9 Å². The number of ether oxygens (including phenoxy) is 1. The number of hydrogen-bond donors (Lipinski definition) is 2. The third-order valence-corrected chi connectivity index (χ3v) is 6.24. The number of nitrogens with zero attached hydrogens (tertiary/aromatic N) is 1. The van der Waals surface area contributed by atoms with Gasteiger partial charge in [0.25, 0.3) is 0 Å². The van der Waals surface area contributed by atoms with Gasteiger partial charge in [-0.15, -0.1) is 0 Å². The zero-order chi connectivity index (χ0) is 21.6. The van der Waals surface area contributed by atoms with E-state index in [0.29, 0.717) is 18.0 Å². The Labute approximate surface area is 185 Å². The fourth-order valence-electron chi connectivity index (χ4n) is 3.84. The maximum Gasteiger partial charge on any atom is 0.313 e. The van der Waals surface area contributed by atoms with E-state index in [4.69, 9.17) is 4.74 Å². The molecule has 2 aromatic carbocycles. The SMILES string of the molecule is COc1ccc(NC(=O)C(=O)NCC(c2ccsc2)N2CCc3ccccc3C2)cc1. The van der Waals surface area contributed by atoms with Crippen LogP contribution >= 0.6 is 11.3 Å². The summed E-state index contributed by atoms with van der Waals surface area (Å²) in [6.45, 7) is 2.10. The predicted molar refractivity (Wildman–Crippen MR) is 122 cm³/mol. The van der Waals surface area contributed by atoms with Gasteiger partial charge >= 0.3 is 11.8 Å². The predicted octanol–water partition coefficient (Wildman–Crippen LogP) is 3.61. The summed E-state index contributed by atoms with van der Waals surface area (Å²) in [6, 6.07) is 17.4. The van der Waals surface area contributed by atoms with Crippen molar-refractivity contribution < 1.29 is 14.3 Å². The quantitative estimate of drug-likeness (QED) is 0.581. The van der Waals surface area contributed by atoms with Gasteiger partial charge in [0, 0.05) is 25.3 Å². The molecule has 1 unspecified atom stereocenters. The van der Waals surface area contributed by atoms with Crippen LogP contribution in [0.4, 0.5) is 5.69 Å². The van der Waals surface area contributed by atoms with E-state index in [-0.39, 0.29) is 6.04 Å². The Kier molecular flexibility index (Phi) is 6.64. The van der Waals surface area contributed by atoms with Crippen molar-refractivity contribution in [2.45, 2.75) is 19.0 Å². The van der Waals surface area contributed by atoms with Crippen LogP contribution in [0.1, 0.15) is 22.7 Å². The molecule has 1 aromatic heterocycles. The van der Waals surface area contributed by atoms with Crippen molar-refractivity contribution >= 4 is 28.8 Å². The van der Waals surface area contributed by atoms with Crippen LogP contribution in [0.15, 0.2) is 65.4 Å². The molecule has 2 heterocycles. The molecule has 0 saturated carbocycles. The maximum atomic E-state index is 12.5. The Balaban J connectivity index is 1.39. The first kappa shape index (κ1) is 21.1. The largest absolute Gasteiger partial charge is 0.497 e. The molecule has 0 fully saturated rings. The van der Waals surface area contributed by atoms with Crippen molar-refractivity contribution in [3.8, 4) is 5.75 Å². The van der Waals surface area contributed by atoms with Crippen LogP contribution in [0, 0.1) is 0 Å². The Morgan fingerprint density at radius 3 is 2.55 bits per heavy atom. The van der Waals surface area contributed by atoms with E-state index in [1.807, 2.05) is 5.38 Å². The minimum Gasteiger partial charge on any atom is -0.497 e. The minimum atomic E-state index is -0.682. The van der Waals surface area contributed by atoms with E-state index in [9.17, 15) is 9.59 Å². The van der Waals surface area contributed by atoms with E-state index >= 15 is 0 Å². The molecule has 0 aliphatic carbocycles. The molecule has 1 aliphatic heterocycles. The highest BCUT2D eigenvalue weighted by Crippen LogP contribution is 2.28. The minimum absolute atomic E-state index is 0.0114. The summed E-state index contributed by atoms with van der Waals surface area (Å²) in [5.41, 5.74) is 4.39. The van der Waals surface area contributed by atoms with Crippen molar-refractivity contribution in [3.63, 3.8) is 0 Å². The number of methoxy groups -OCH3 is 1. The second-order valence-corrected chi connectivity index (χ2v) is 8.23. The molecular formula is C24H25N3O3S. The smallest absolute Gasteiger partial charge is 0.313 e. The maximum absolute atomic E-state index is 12.5.